The third kappa shape index (κ3) is 2.70. The fourth-order valence-electron chi connectivity index (χ4n) is 3.33. The van der Waals surface area contributed by atoms with Crippen molar-refractivity contribution in [3.8, 4) is 0 Å². The lowest BCUT2D eigenvalue weighted by Gasteiger charge is -2.35. The molecule has 2 atom stereocenters. The summed E-state index contributed by atoms with van der Waals surface area (Å²) in [5.74, 6) is 0.191. The summed E-state index contributed by atoms with van der Waals surface area (Å²) in [7, 11) is -3.46. The van der Waals surface area contributed by atoms with E-state index in [2.05, 4.69) is 6.92 Å². The zero-order chi connectivity index (χ0) is 16.8. The Morgan fingerprint density at radius 3 is 1.86 bits per heavy atom. The standard InChI is InChI=1S/C17H28N2O2S/c1-10-9-19(8-7-16(10)18)22(20,21)17-14(5)12(3)11(2)13(4)15(17)6/h10,16H,7-9,18H2,1-6H3. The van der Waals surface area contributed by atoms with Crippen LogP contribution in [0.1, 0.15) is 41.2 Å². The molecule has 5 heteroatoms. The van der Waals surface area contributed by atoms with Crippen LogP contribution in [0.15, 0.2) is 4.90 Å². The maximum Gasteiger partial charge on any atom is 0.243 e. The Morgan fingerprint density at radius 2 is 1.41 bits per heavy atom. The molecule has 0 spiro atoms. The number of benzene rings is 1. The molecule has 1 aliphatic heterocycles. The zero-order valence-corrected chi connectivity index (χ0v) is 15.3. The molecule has 0 aromatic heterocycles. The maximum atomic E-state index is 13.2. The highest BCUT2D eigenvalue weighted by Gasteiger charge is 2.34. The van der Waals surface area contributed by atoms with E-state index in [1.807, 2.05) is 34.6 Å². The lowest BCUT2D eigenvalue weighted by molar-refractivity contribution is 0.250. The predicted octanol–water partition coefficient (Wildman–Crippen LogP) is 2.59. The van der Waals surface area contributed by atoms with Crippen LogP contribution < -0.4 is 5.73 Å². The summed E-state index contributed by atoms with van der Waals surface area (Å²) in [6.45, 7) is 12.9. The van der Waals surface area contributed by atoms with Gasteiger partial charge in [-0.3, -0.25) is 0 Å². The van der Waals surface area contributed by atoms with Crippen LogP contribution in [0.4, 0.5) is 0 Å². The quantitative estimate of drug-likeness (QED) is 0.909. The van der Waals surface area contributed by atoms with E-state index in [4.69, 9.17) is 5.73 Å². The van der Waals surface area contributed by atoms with Crippen molar-refractivity contribution >= 4 is 10.0 Å². The maximum absolute atomic E-state index is 13.2. The molecule has 4 nitrogen and oxygen atoms in total. The fraction of sp³-hybridized carbons (Fsp3) is 0.647. The highest BCUT2D eigenvalue weighted by atomic mass is 32.2. The Hall–Kier alpha value is -0.910. The van der Waals surface area contributed by atoms with Crippen LogP contribution in [0.3, 0.4) is 0 Å². The molecule has 0 aliphatic carbocycles. The Labute approximate surface area is 134 Å². The average Bonchev–Trinajstić information content (AvgIpc) is 2.45. The zero-order valence-electron chi connectivity index (χ0n) is 14.5. The summed E-state index contributed by atoms with van der Waals surface area (Å²) in [4.78, 5) is 0.496. The highest BCUT2D eigenvalue weighted by Crippen LogP contribution is 2.33. The minimum absolute atomic E-state index is 0.0927. The molecular formula is C17H28N2O2S. The molecule has 2 rings (SSSR count). The van der Waals surface area contributed by atoms with Crippen molar-refractivity contribution in [3.05, 3.63) is 27.8 Å². The van der Waals surface area contributed by atoms with Gasteiger partial charge < -0.3 is 5.73 Å². The van der Waals surface area contributed by atoms with Crippen LogP contribution in [-0.2, 0) is 10.0 Å². The molecule has 0 radical (unpaired) electrons. The molecule has 0 bridgehead atoms. The van der Waals surface area contributed by atoms with Gasteiger partial charge >= 0.3 is 0 Å². The number of nitrogens with zero attached hydrogens (tertiary/aromatic N) is 1. The van der Waals surface area contributed by atoms with Crippen LogP contribution in [0.5, 0.6) is 0 Å². The molecule has 2 unspecified atom stereocenters. The molecule has 0 saturated carbocycles. The van der Waals surface area contributed by atoms with Crippen molar-refractivity contribution in [1.82, 2.24) is 4.31 Å². The third-order valence-electron chi connectivity index (χ3n) is 5.46. The molecular weight excluding hydrogens is 296 g/mol. The predicted molar refractivity (Wildman–Crippen MR) is 90.6 cm³/mol. The van der Waals surface area contributed by atoms with Gasteiger partial charge in [0, 0.05) is 19.1 Å². The Bertz CT molecular complexity index is 666. The van der Waals surface area contributed by atoms with Crippen molar-refractivity contribution in [2.24, 2.45) is 11.7 Å². The molecule has 1 saturated heterocycles. The normalized spacial score (nSPS) is 23.8. The first-order chi connectivity index (χ1) is 10.1. The molecule has 22 heavy (non-hydrogen) atoms. The van der Waals surface area contributed by atoms with Crippen molar-refractivity contribution < 1.29 is 8.42 Å². The molecule has 2 N–H and O–H groups in total. The molecule has 1 aromatic carbocycles. The topological polar surface area (TPSA) is 63.4 Å². The van der Waals surface area contributed by atoms with E-state index in [1.54, 1.807) is 4.31 Å². The summed E-state index contributed by atoms with van der Waals surface area (Å²) in [6, 6.07) is 0.0927. The van der Waals surface area contributed by atoms with E-state index in [0.29, 0.717) is 18.0 Å². The van der Waals surface area contributed by atoms with Crippen LogP contribution in [0.25, 0.3) is 0 Å². The molecule has 124 valence electrons. The van der Waals surface area contributed by atoms with E-state index < -0.39 is 10.0 Å². The number of piperidine rings is 1. The average molecular weight is 324 g/mol. The third-order valence-corrected chi connectivity index (χ3v) is 7.60. The summed E-state index contributed by atoms with van der Waals surface area (Å²) in [5, 5.41) is 0. The fourth-order valence-corrected chi connectivity index (χ4v) is 5.44. The van der Waals surface area contributed by atoms with E-state index in [9.17, 15) is 8.42 Å². The summed E-state index contributed by atoms with van der Waals surface area (Å²) in [5.41, 5.74) is 11.1. The minimum atomic E-state index is -3.46. The summed E-state index contributed by atoms with van der Waals surface area (Å²) in [6.07, 6.45) is 0.725. The van der Waals surface area contributed by atoms with Crippen LogP contribution in [0, 0.1) is 40.5 Å². The van der Waals surface area contributed by atoms with Crippen molar-refractivity contribution in [1.29, 1.82) is 0 Å². The second-order valence-electron chi connectivity index (χ2n) is 6.75. The second kappa shape index (κ2) is 5.95. The van der Waals surface area contributed by atoms with Gasteiger partial charge in [-0.15, -0.1) is 0 Å². The second-order valence-corrected chi connectivity index (χ2v) is 8.62. The Kier molecular flexibility index (Phi) is 4.71. The lowest BCUT2D eigenvalue weighted by atomic mass is 9.95. The van der Waals surface area contributed by atoms with E-state index in [-0.39, 0.29) is 12.0 Å². The number of nitrogens with two attached hydrogens (primary N) is 1. The van der Waals surface area contributed by atoms with Gasteiger partial charge in [-0.25, -0.2) is 8.42 Å². The summed E-state index contributed by atoms with van der Waals surface area (Å²) < 4.78 is 28.0. The number of hydrogen-bond donors (Lipinski definition) is 1. The summed E-state index contributed by atoms with van der Waals surface area (Å²) >= 11 is 0. The van der Waals surface area contributed by atoms with Gasteiger partial charge in [-0.2, -0.15) is 4.31 Å². The molecule has 0 amide bonds. The molecule has 1 fully saturated rings. The van der Waals surface area contributed by atoms with E-state index in [1.165, 1.54) is 5.56 Å². The number of hydrogen-bond acceptors (Lipinski definition) is 3. The van der Waals surface area contributed by atoms with Crippen molar-refractivity contribution in [2.45, 2.75) is 58.9 Å². The number of rotatable bonds is 2. The van der Waals surface area contributed by atoms with Gasteiger partial charge in [0.25, 0.3) is 0 Å². The van der Waals surface area contributed by atoms with E-state index >= 15 is 0 Å². The Balaban J connectivity index is 2.56. The Morgan fingerprint density at radius 1 is 0.955 bits per heavy atom. The van der Waals surface area contributed by atoms with Gasteiger partial charge in [0.15, 0.2) is 0 Å². The van der Waals surface area contributed by atoms with Crippen LogP contribution >= 0.6 is 0 Å². The molecule has 1 heterocycles. The smallest absolute Gasteiger partial charge is 0.243 e. The first-order valence-electron chi connectivity index (χ1n) is 7.91. The van der Waals surface area contributed by atoms with Gasteiger partial charge in [-0.1, -0.05) is 6.92 Å². The molecule has 1 aliphatic rings. The minimum Gasteiger partial charge on any atom is -0.327 e. The van der Waals surface area contributed by atoms with Gasteiger partial charge in [0.05, 0.1) is 4.90 Å². The SMILES string of the molecule is Cc1c(C)c(C)c(S(=O)(=O)N2CCC(N)C(C)C2)c(C)c1C. The molecule has 1 aromatic rings. The van der Waals surface area contributed by atoms with Gasteiger partial charge in [0.2, 0.25) is 10.0 Å². The van der Waals surface area contributed by atoms with Crippen molar-refractivity contribution in [2.75, 3.05) is 13.1 Å². The number of sulfonamides is 1. The first-order valence-corrected chi connectivity index (χ1v) is 9.35. The highest BCUT2D eigenvalue weighted by molar-refractivity contribution is 7.89. The van der Waals surface area contributed by atoms with Gasteiger partial charge in [-0.05, 0) is 74.8 Å². The lowest BCUT2D eigenvalue weighted by Crippen LogP contribution is -2.48. The largest absolute Gasteiger partial charge is 0.327 e. The van der Waals surface area contributed by atoms with E-state index in [0.717, 1.165) is 28.7 Å². The van der Waals surface area contributed by atoms with Crippen molar-refractivity contribution in [3.63, 3.8) is 0 Å². The van der Waals surface area contributed by atoms with Crippen LogP contribution in [0.2, 0.25) is 0 Å². The monoisotopic (exact) mass is 324 g/mol. The first kappa shape index (κ1) is 17.4. The van der Waals surface area contributed by atoms with Gasteiger partial charge in [0.1, 0.15) is 0 Å². The van der Waals surface area contributed by atoms with Crippen LogP contribution in [-0.4, -0.2) is 31.9 Å².